The number of ether oxygens (including phenoxy) is 1. The first-order chi connectivity index (χ1) is 11.6. The van der Waals surface area contributed by atoms with Crippen molar-refractivity contribution in [2.45, 2.75) is 19.1 Å². The smallest absolute Gasteiger partial charge is 0.193 e. The third-order valence-corrected chi connectivity index (χ3v) is 4.68. The molecule has 0 spiro atoms. The third-order valence-electron chi connectivity index (χ3n) is 4.25. The van der Waals surface area contributed by atoms with Crippen LogP contribution in [0.3, 0.4) is 0 Å². The number of fused-ring (bicyclic) bond motifs is 1. The van der Waals surface area contributed by atoms with E-state index >= 15 is 0 Å². The molecule has 25 heavy (non-hydrogen) atoms. The average Bonchev–Trinajstić information content (AvgIpc) is 3.10. The van der Waals surface area contributed by atoms with Crippen LogP contribution in [-0.2, 0) is 20.0 Å². The molecule has 2 heterocycles. The minimum Gasteiger partial charge on any atom is -0.488 e. The standard InChI is InChI=1S/C18H23BrN4O.HI/c1-20-18(23(3)12-15-9-14(19)11-22(15)2)21-10-16-8-13-6-4-5-7-17(13)24-16;/h4-7,9,11,16H,8,10,12H2,1-3H3,(H,20,21);1H. The Morgan fingerprint density at radius 3 is 2.84 bits per heavy atom. The zero-order valence-corrected chi connectivity index (χ0v) is 18.6. The van der Waals surface area contributed by atoms with E-state index in [1.54, 1.807) is 0 Å². The van der Waals surface area contributed by atoms with Crippen LogP contribution in [0.4, 0.5) is 0 Å². The van der Waals surface area contributed by atoms with Gasteiger partial charge in [0.1, 0.15) is 11.9 Å². The summed E-state index contributed by atoms with van der Waals surface area (Å²) in [6, 6.07) is 10.4. The monoisotopic (exact) mass is 518 g/mol. The molecule has 1 aromatic carbocycles. The average molecular weight is 519 g/mol. The lowest BCUT2D eigenvalue weighted by Crippen LogP contribution is -2.43. The van der Waals surface area contributed by atoms with Crippen LogP contribution in [0, 0.1) is 0 Å². The van der Waals surface area contributed by atoms with Gasteiger partial charge in [0.15, 0.2) is 5.96 Å². The molecule has 0 fully saturated rings. The van der Waals surface area contributed by atoms with Crippen LogP contribution in [0.5, 0.6) is 5.75 Å². The molecule has 2 aromatic rings. The molecule has 1 N–H and O–H groups in total. The minimum absolute atomic E-state index is 0. The number of aryl methyl sites for hydroxylation is 1. The summed E-state index contributed by atoms with van der Waals surface area (Å²) in [4.78, 5) is 6.50. The van der Waals surface area contributed by atoms with Gasteiger partial charge in [-0.2, -0.15) is 0 Å². The maximum atomic E-state index is 5.98. The number of hydrogen-bond acceptors (Lipinski definition) is 2. The van der Waals surface area contributed by atoms with Crippen LogP contribution in [-0.4, -0.2) is 42.2 Å². The second-order valence-corrected chi connectivity index (χ2v) is 7.01. The van der Waals surface area contributed by atoms with Gasteiger partial charge in [0.2, 0.25) is 0 Å². The lowest BCUT2D eigenvalue weighted by Gasteiger charge is -2.23. The summed E-state index contributed by atoms with van der Waals surface area (Å²) in [5.74, 6) is 1.87. The van der Waals surface area contributed by atoms with Crippen LogP contribution in [0.1, 0.15) is 11.3 Å². The van der Waals surface area contributed by atoms with Gasteiger partial charge in [0.25, 0.3) is 0 Å². The normalized spacial score (nSPS) is 16.0. The summed E-state index contributed by atoms with van der Waals surface area (Å²) >= 11 is 3.51. The van der Waals surface area contributed by atoms with E-state index in [4.69, 9.17) is 4.74 Å². The van der Waals surface area contributed by atoms with Crippen molar-refractivity contribution in [1.29, 1.82) is 0 Å². The van der Waals surface area contributed by atoms with Crippen molar-refractivity contribution in [3.05, 3.63) is 52.3 Å². The zero-order chi connectivity index (χ0) is 17.1. The Morgan fingerprint density at radius 2 is 2.20 bits per heavy atom. The second-order valence-electron chi connectivity index (χ2n) is 6.10. The lowest BCUT2D eigenvalue weighted by atomic mass is 10.1. The predicted octanol–water partition coefficient (Wildman–Crippen LogP) is 3.42. The summed E-state index contributed by atoms with van der Waals surface area (Å²) < 4.78 is 9.18. The van der Waals surface area contributed by atoms with Gasteiger partial charge in [-0.05, 0) is 33.6 Å². The molecule has 1 aromatic heterocycles. The summed E-state index contributed by atoms with van der Waals surface area (Å²) in [7, 11) is 5.90. The van der Waals surface area contributed by atoms with Crippen molar-refractivity contribution in [3.8, 4) is 5.75 Å². The van der Waals surface area contributed by atoms with Crippen LogP contribution in [0.25, 0.3) is 0 Å². The van der Waals surface area contributed by atoms with Crippen molar-refractivity contribution in [2.24, 2.45) is 12.0 Å². The summed E-state index contributed by atoms with van der Waals surface area (Å²) in [6.45, 7) is 1.52. The molecule has 0 saturated heterocycles. The molecule has 1 atom stereocenters. The summed E-state index contributed by atoms with van der Waals surface area (Å²) in [5, 5.41) is 3.42. The van der Waals surface area contributed by atoms with Crippen molar-refractivity contribution < 1.29 is 4.74 Å². The predicted molar refractivity (Wildman–Crippen MR) is 116 cm³/mol. The van der Waals surface area contributed by atoms with E-state index in [1.165, 1.54) is 11.3 Å². The van der Waals surface area contributed by atoms with Gasteiger partial charge in [-0.1, -0.05) is 18.2 Å². The number of guanidine groups is 1. The van der Waals surface area contributed by atoms with Gasteiger partial charge in [0, 0.05) is 43.9 Å². The summed E-state index contributed by atoms with van der Waals surface area (Å²) in [6.07, 6.45) is 3.15. The molecule has 0 amide bonds. The third kappa shape index (κ3) is 4.91. The number of hydrogen-bond donors (Lipinski definition) is 1. The van der Waals surface area contributed by atoms with E-state index in [1.807, 2.05) is 33.3 Å². The van der Waals surface area contributed by atoms with E-state index in [9.17, 15) is 0 Å². The first kappa shape index (κ1) is 20.1. The first-order valence-corrected chi connectivity index (χ1v) is 8.83. The van der Waals surface area contributed by atoms with Gasteiger partial charge in [-0.25, -0.2) is 0 Å². The highest BCUT2D eigenvalue weighted by atomic mass is 127. The Bertz CT molecular complexity index is 721. The Morgan fingerprint density at radius 1 is 1.44 bits per heavy atom. The second kappa shape index (κ2) is 8.93. The fraction of sp³-hybridized carbons (Fsp3) is 0.389. The molecule has 0 radical (unpaired) electrons. The van der Waals surface area contributed by atoms with E-state index in [0.717, 1.165) is 35.7 Å². The number of nitrogens with one attached hydrogen (secondary N) is 1. The SMILES string of the molecule is CN=C(NCC1Cc2ccccc2O1)N(C)Cc1cc(Br)cn1C.I. The molecule has 1 aliphatic heterocycles. The largest absolute Gasteiger partial charge is 0.488 e. The molecule has 5 nitrogen and oxygen atoms in total. The Kier molecular flexibility index (Phi) is 7.18. The van der Waals surface area contributed by atoms with Crippen LogP contribution >= 0.6 is 39.9 Å². The van der Waals surface area contributed by atoms with Crippen molar-refractivity contribution in [3.63, 3.8) is 0 Å². The van der Waals surface area contributed by atoms with Crippen molar-refractivity contribution in [2.75, 3.05) is 20.6 Å². The molecule has 0 aliphatic carbocycles. The van der Waals surface area contributed by atoms with Crippen LogP contribution in [0.15, 0.2) is 46.0 Å². The molecule has 1 unspecified atom stereocenters. The molecule has 1 aliphatic rings. The molecule has 0 saturated carbocycles. The van der Waals surface area contributed by atoms with Gasteiger partial charge in [0.05, 0.1) is 13.1 Å². The minimum atomic E-state index is 0. The maximum Gasteiger partial charge on any atom is 0.193 e. The lowest BCUT2D eigenvalue weighted by molar-refractivity contribution is 0.233. The number of para-hydroxylation sites is 1. The molecule has 7 heteroatoms. The highest BCUT2D eigenvalue weighted by molar-refractivity contribution is 14.0. The number of aromatic nitrogens is 1. The number of benzene rings is 1. The quantitative estimate of drug-likeness (QED) is 0.383. The molecule has 0 bridgehead atoms. The molecular formula is C18H24BrIN4O. The van der Waals surface area contributed by atoms with Crippen molar-refractivity contribution >= 4 is 45.9 Å². The van der Waals surface area contributed by atoms with Crippen LogP contribution in [0.2, 0.25) is 0 Å². The summed E-state index contributed by atoms with van der Waals surface area (Å²) in [5.41, 5.74) is 2.50. The van der Waals surface area contributed by atoms with Gasteiger partial charge in [-0.15, -0.1) is 24.0 Å². The Balaban J connectivity index is 0.00000225. The highest BCUT2D eigenvalue weighted by Gasteiger charge is 2.22. The Labute approximate surface area is 174 Å². The molecule has 3 rings (SSSR count). The van der Waals surface area contributed by atoms with Crippen molar-refractivity contribution in [1.82, 2.24) is 14.8 Å². The molecular weight excluding hydrogens is 495 g/mol. The number of rotatable bonds is 4. The van der Waals surface area contributed by atoms with Gasteiger partial charge >= 0.3 is 0 Å². The zero-order valence-electron chi connectivity index (χ0n) is 14.7. The fourth-order valence-corrected chi connectivity index (χ4v) is 3.57. The van der Waals surface area contributed by atoms with Crippen LogP contribution < -0.4 is 10.1 Å². The number of nitrogens with zero attached hydrogens (tertiary/aromatic N) is 3. The Hall–Kier alpha value is -1.22. The van der Waals surface area contributed by atoms with Gasteiger partial charge < -0.3 is 19.5 Å². The number of aliphatic imine (C=N–C) groups is 1. The van der Waals surface area contributed by atoms with E-state index in [-0.39, 0.29) is 30.1 Å². The topological polar surface area (TPSA) is 41.8 Å². The van der Waals surface area contributed by atoms with Gasteiger partial charge in [-0.3, -0.25) is 4.99 Å². The highest BCUT2D eigenvalue weighted by Crippen LogP contribution is 2.27. The van der Waals surface area contributed by atoms with E-state index < -0.39 is 0 Å². The van der Waals surface area contributed by atoms with E-state index in [0.29, 0.717) is 0 Å². The number of halogens is 2. The first-order valence-electron chi connectivity index (χ1n) is 8.04. The molecule has 136 valence electrons. The van der Waals surface area contributed by atoms with E-state index in [2.05, 4.69) is 60.1 Å². The maximum absolute atomic E-state index is 5.98. The fourth-order valence-electron chi connectivity index (χ4n) is 3.00.